The highest BCUT2D eigenvalue weighted by atomic mass is 32.2. The van der Waals surface area contributed by atoms with E-state index in [1.807, 2.05) is 0 Å². The number of ether oxygens (including phenoxy) is 4. The van der Waals surface area contributed by atoms with E-state index in [0.29, 0.717) is 12.8 Å². The number of rotatable bonds is 33. The van der Waals surface area contributed by atoms with Crippen molar-refractivity contribution >= 4 is 22.1 Å². The maximum absolute atomic E-state index is 12.8. The van der Waals surface area contributed by atoms with Gasteiger partial charge in [-0.3, -0.25) is 14.1 Å². The topological polar surface area (TPSA) is 186 Å². The molecule has 318 valence electrons. The normalized spacial score (nSPS) is 21.3. The van der Waals surface area contributed by atoms with E-state index in [1.165, 1.54) is 12.8 Å². The van der Waals surface area contributed by atoms with E-state index in [9.17, 15) is 37.9 Å². The molecule has 12 nitrogen and oxygen atoms in total. The molecular formula is C42H72O12S. The van der Waals surface area contributed by atoms with Crippen molar-refractivity contribution in [2.45, 2.75) is 185 Å². The van der Waals surface area contributed by atoms with Gasteiger partial charge in [-0.05, 0) is 64.2 Å². The second-order valence-corrected chi connectivity index (χ2v) is 15.8. The highest BCUT2D eigenvalue weighted by Crippen LogP contribution is 2.24. The number of aliphatic hydroxyl groups excluding tert-OH is 3. The lowest BCUT2D eigenvalue weighted by Gasteiger charge is -2.40. The molecule has 13 heteroatoms. The van der Waals surface area contributed by atoms with E-state index in [-0.39, 0.29) is 19.4 Å². The predicted molar refractivity (Wildman–Crippen MR) is 215 cm³/mol. The van der Waals surface area contributed by atoms with Gasteiger partial charge in [-0.25, -0.2) is 0 Å². The van der Waals surface area contributed by atoms with Gasteiger partial charge >= 0.3 is 11.9 Å². The molecule has 0 spiro atoms. The zero-order chi connectivity index (χ0) is 40.6. The molecule has 1 fully saturated rings. The summed E-state index contributed by atoms with van der Waals surface area (Å²) in [7, 11) is -4.60. The molecule has 1 rings (SSSR count). The van der Waals surface area contributed by atoms with Gasteiger partial charge in [-0.2, -0.15) is 8.42 Å². The summed E-state index contributed by atoms with van der Waals surface area (Å²) in [5.74, 6) is -2.03. The fraction of sp³-hybridized carbons (Fsp3) is 0.762. The van der Waals surface area contributed by atoms with Crippen molar-refractivity contribution in [3.05, 3.63) is 48.6 Å². The fourth-order valence-electron chi connectivity index (χ4n) is 5.85. The largest absolute Gasteiger partial charge is 0.462 e. The molecular weight excluding hydrogens is 729 g/mol. The Morgan fingerprint density at radius 2 is 1.13 bits per heavy atom. The Morgan fingerprint density at radius 1 is 0.618 bits per heavy atom. The summed E-state index contributed by atoms with van der Waals surface area (Å²) in [6.45, 7) is 3.60. The lowest BCUT2D eigenvalue weighted by molar-refractivity contribution is -0.297. The number of carbonyl (C=O) groups is 2. The van der Waals surface area contributed by atoms with Gasteiger partial charge in [0.05, 0.1) is 6.61 Å². The van der Waals surface area contributed by atoms with Crippen molar-refractivity contribution in [1.82, 2.24) is 0 Å². The Kier molecular flexibility index (Phi) is 30.1. The van der Waals surface area contributed by atoms with Crippen LogP contribution in [0.3, 0.4) is 0 Å². The van der Waals surface area contributed by atoms with Crippen LogP contribution < -0.4 is 0 Å². The van der Waals surface area contributed by atoms with Gasteiger partial charge in [0.2, 0.25) is 0 Å². The van der Waals surface area contributed by atoms with Crippen molar-refractivity contribution in [3.8, 4) is 0 Å². The highest BCUT2D eigenvalue weighted by molar-refractivity contribution is 7.85. The average Bonchev–Trinajstić information content (AvgIpc) is 3.14. The Labute approximate surface area is 331 Å². The van der Waals surface area contributed by atoms with Crippen LogP contribution in [0.1, 0.15) is 149 Å². The second-order valence-electron chi connectivity index (χ2n) is 14.3. The quantitative estimate of drug-likeness (QED) is 0.0221. The summed E-state index contributed by atoms with van der Waals surface area (Å²) in [6, 6.07) is 0. The van der Waals surface area contributed by atoms with E-state index in [4.69, 9.17) is 18.9 Å². The van der Waals surface area contributed by atoms with Crippen molar-refractivity contribution < 1.29 is 56.8 Å². The molecule has 6 unspecified atom stereocenters. The van der Waals surface area contributed by atoms with Crippen LogP contribution in [0.15, 0.2) is 48.6 Å². The van der Waals surface area contributed by atoms with Crippen molar-refractivity contribution in [3.63, 3.8) is 0 Å². The summed E-state index contributed by atoms with van der Waals surface area (Å²) in [6.07, 6.45) is 27.3. The number of carbonyl (C=O) groups excluding carboxylic acids is 2. The summed E-state index contributed by atoms with van der Waals surface area (Å²) < 4.78 is 53.9. The van der Waals surface area contributed by atoms with E-state index in [1.54, 1.807) is 0 Å². The summed E-state index contributed by atoms with van der Waals surface area (Å²) in [5, 5.41) is 30.8. The first-order valence-electron chi connectivity index (χ1n) is 20.7. The zero-order valence-corrected chi connectivity index (χ0v) is 34.3. The summed E-state index contributed by atoms with van der Waals surface area (Å²) in [4.78, 5) is 25.3. The molecule has 0 radical (unpaired) electrons. The maximum Gasteiger partial charge on any atom is 0.306 e. The SMILES string of the molecule is CCC/C=C\C/C=C\CCCCCCCC(=O)OCC(COC1OC(CS(=O)(=O)O)C(O)C(O)C1O)OC(=O)CCCCCCC/C=C\C/C=C\CCCC. The Bertz CT molecular complexity index is 1210. The third-order valence-electron chi connectivity index (χ3n) is 9.11. The molecule has 0 aromatic heterocycles. The number of hydrogen-bond acceptors (Lipinski definition) is 11. The van der Waals surface area contributed by atoms with Crippen LogP contribution in [0.2, 0.25) is 0 Å². The Hall–Kier alpha value is -2.39. The first-order chi connectivity index (χ1) is 26.5. The van der Waals surface area contributed by atoms with E-state index in [0.717, 1.165) is 96.3 Å². The van der Waals surface area contributed by atoms with Crippen LogP contribution in [0.4, 0.5) is 0 Å². The molecule has 1 aliphatic heterocycles. The minimum Gasteiger partial charge on any atom is -0.462 e. The molecule has 0 saturated carbocycles. The smallest absolute Gasteiger partial charge is 0.306 e. The van der Waals surface area contributed by atoms with Gasteiger partial charge in [0.25, 0.3) is 10.1 Å². The molecule has 0 aromatic rings. The molecule has 0 bridgehead atoms. The van der Waals surface area contributed by atoms with E-state index in [2.05, 4.69) is 62.5 Å². The van der Waals surface area contributed by atoms with Crippen LogP contribution >= 0.6 is 0 Å². The number of allylic oxidation sites excluding steroid dienone is 8. The van der Waals surface area contributed by atoms with Gasteiger partial charge in [-0.1, -0.05) is 120 Å². The third kappa shape index (κ3) is 27.8. The van der Waals surface area contributed by atoms with Crippen LogP contribution in [0, 0.1) is 0 Å². The van der Waals surface area contributed by atoms with Gasteiger partial charge in [0, 0.05) is 12.8 Å². The number of hydrogen-bond donors (Lipinski definition) is 4. The van der Waals surface area contributed by atoms with Gasteiger partial charge < -0.3 is 34.3 Å². The molecule has 0 aromatic carbocycles. The molecule has 4 N–H and O–H groups in total. The summed E-state index contributed by atoms with van der Waals surface area (Å²) in [5.41, 5.74) is 0. The molecule has 55 heavy (non-hydrogen) atoms. The Balaban J connectivity index is 2.52. The maximum atomic E-state index is 12.8. The minimum absolute atomic E-state index is 0.143. The minimum atomic E-state index is -4.60. The molecule has 1 saturated heterocycles. The zero-order valence-electron chi connectivity index (χ0n) is 33.5. The van der Waals surface area contributed by atoms with Crippen LogP contribution in [-0.2, 0) is 38.7 Å². The molecule has 0 aliphatic carbocycles. The van der Waals surface area contributed by atoms with Gasteiger partial charge in [0.15, 0.2) is 12.4 Å². The van der Waals surface area contributed by atoms with Crippen molar-refractivity contribution in [2.75, 3.05) is 19.0 Å². The monoisotopic (exact) mass is 800 g/mol. The van der Waals surface area contributed by atoms with Crippen LogP contribution in [-0.4, -0.2) is 96.0 Å². The highest BCUT2D eigenvalue weighted by Gasteiger charge is 2.46. The predicted octanol–water partition coefficient (Wildman–Crippen LogP) is 7.61. The number of unbranched alkanes of at least 4 members (excludes halogenated alkanes) is 13. The molecule has 1 aliphatic rings. The average molecular weight is 801 g/mol. The third-order valence-corrected chi connectivity index (χ3v) is 9.86. The van der Waals surface area contributed by atoms with Crippen molar-refractivity contribution in [1.29, 1.82) is 0 Å². The van der Waals surface area contributed by atoms with Gasteiger partial charge in [0.1, 0.15) is 36.8 Å². The second kappa shape index (κ2) is 32.7. The van der Waals surface area contributed by atoms with Gasteiger partial charge in [-0.15, -0.1) is 0 Å². The first-order valence-corrected chi connectivity index (χ1v) is 22.3. The molecule has 1 heterocycles. The Morgan fingerprint density at radius 3 is 1.67 bits per heavy atom. The lowest BCUT2D eigenvalue weighted by Crippen LogP contribution is -2.60. The van der Waals surface area contributed by atoms with Crippen LogP contribution in [0.25, 0.3) is 0 Å². The summed E-state index contributed by atoms with van der Waals surface area (Å²) >= 11 is 0. The van der Waals surface area contributed by atoms with Crippen LogP contribution in [0.5, 0.6) is 0 Å². The van der Waals surface area contributed by atoms with E-state index >= 15 is 0 Å². The number of aliphatic hydroxyl groups is 3. The fourth-order valence-corrected chi connectivity index (χ4v) is 6.54. The van der Waals surface area contributed by atoms with E-state index < -0.39 is 71.2 Å². The molecule has 0 amide bonds. The number of esters is 2. The lowest BCUT2D eigenvalue weighted by atomic mass is 10.00. The first kappa shape index (κ1) is 50.6. The standard InChI is InChI=1S/C42H72O12S/c1-3-5-7-9-11-13-15-17-19-21-23-25-27-29-31-38(44)53-35(33-52-42-41(47)40(46)39(45)36(54-42)34-55(48,49)50)32-51-37(43)30-28-26-24-22-20-18-16-14-12-10-8-6-4-2/h8-11,14-17,35-36,39-42,45-47H,3-7,12-13,18-34H2,1-2H3,(H,48,49,50)/b10-8-,11-9-,16-14-,17-15-. The molecule has 6 atom stereocenters. The van der Waals surface area contributed by atoms with Crippen molar-refractivity contribution in [2.24, 2.45) is 0 Å².